The molecule has 3 heteroatoms. The smallest absolute Gasteiger partial charge is 0.311 e. The number of carbonyl (C=O) groups excluding carboxylic acids is 1. The number of ether oxygens (including phenoxy) is 1. The van der Waals surface area contributed by atoms with E-state index in [2.05, 4.69) is 0 Å². The largest absolute Gasteiger partial charge is 0.460 e. The fourth-order valence-corrected chi connectivity index (χ4v) is 1.20. The van der Waals surface area contributed by atoms with Gasteiger partial charge < -0.3 is 9.84 Å². The number of esters is 1. The SMILES string of the molecule is CC(C)CC(CO)C(=O)OC(C)(C)C. The van der Waals surface area contributed by atoms with E-state index in [-0.39, 0.29) is 18.5 Å². The van der Waals surface area contributed by atoms with E-state index in [4.69, 9.17) is 9.84 Å². The number of rotatable bonds is 4. The van der Waals surface area contributed by atoms with E-state index < -0.39 is 5.60 Å². The molecule has 0 saturated carbocycles. The van der Waals surface area contributed by atoms with Gasteiger partial charge in [0.25, 0.3) is 0 Å². The molecule has 0 spiro atoms. The molecule has 0 saturated heterocycles. The molecule has 0 heterocycles. The van der Waals surface area contributed by atoms with Crippen molar-refractivity contribution in [3.8, 4) is 0 Å². The van der Waals surface area contributed by atoms with Gasteiger partial charge in [-0.2, -0.15) is 0 Å². The molecule has 0 rings (SSSR count). The van der Waals surface area contributed by atoms with Crippen molar-refractivity contribution in [2.75, 3.05) is 6.61 Å². The summed E-state index contributed by atoms with van der Waals surface area (Å²) < 4.78 is 5.19. The lowest BCUT2D eigenvalue weighted by Gasteiger charge is -2.23. The highest BCUT2D eigenvalue weighted by Gasteiger charge is 2.24. The first-order valence-electron chi connectivity index (χ1n) is 5.10. The molecule has 0 aromatic heterocycles. The highest BCUT2D eigenvalue weighted by Crippen LogP contribution is 2.16. The van der Waals surface area contributed by atoms with Gasteiger partial charge in [-0.25, -0.2) is 0 Å². The van der Waals surface area contributed by atoms with Crippen molar-refractivity contribution < 1.29 is 14.6 Å². The minimum absolute atomic E-state index is 0.132. The second kappa shape index (κ2) is 5.35. The molecule has 0 aliphatic heterocycles. The predicted octanol–water partition coefficient (Wildman–Crippen LogP) is 1.98. The van der Waals surface area contributed by atoms with Crippen LogP contribution in [-0.4, -0.2) is 23.3 Å². The van der Waals surface area contributed by atoms with Crippen molar-refractivity contribution >= 4 is 5.97 Å². The van der Waals surface area contributed by atoms with E-state index in [0.717, 1.165) is 0 Å². The van der Waals surface area contributed by atoms with Crippen molar-refractivity contribution in [1.82, 2.24) is 0 Å². The molecule has 1 N–H and O–H groups in total. The number of aliphatic hydroxyl groups excluding tert-OH is 1. The van der Waals surface area contributed by atoms with Crippen molar-refractivity contribution in [2.45, 2.75) is 46.6 Å². The van der Waals surface area contributed by atoms with Crippen LogP contribution >= 0.6 is 0 Å². The number of hydrogen-bond acceptors (Lipinski definition) is 3. The molecule has 14 heavy (non-hydrogen) atoms. The van der Waals surface area contributed by atoms with Crippen LogP contribution in [0.25, 0.3) is 0 Å². The minimum atomic E-state index is -0.471. The predicted molar refractivity (Wildman–Crippen MR) is 55.9 cm³/mol. The monoisotopic (exact) mass is 202 g/mol. The molecule has 1 unspecified atom stereocenters. The standard InChI is InChI=1S/C11H22O3/c1-8(2)6-9(7-12)10(13)14-11(3,4)5/h8-9,12H,6-7H2,1-5H3. The lowest BCUT2D eigenvalue weighted by Crippen LogP contribution is -2.31. The van der Waals surface area contributed by atoms with Gasteiger partial charge >= 0.3 is 5.97 Å². The van der Waals surface area contributed by atoms with E-state index in [1.165, 1.54) is 0 Å². The maximum atomic E-state index is 11.5. The summed E-state index contributed by atoms with van der Waals surface area (Å²) in [6.07, 6.45) is 0.672. The van der Waals surface area contributed by atoms with Crippen LogP contribution in [0, 0.1) is 11.8 Å². The van der Waals surface area contributed by atoms with Gasteiger partial charge in [-0.3, -0.25) is 4.79 Å². The topological polar surface area (TPSA) is 46.5 Å². The summed E-state index contributed by atoms with van der Waals surface area (Å²) in [4.78, 5) is 11.5. The molecule has 0 aliphatic carbocycles. The molecule has 0 fully saturated rings. The average molecular weight is 202 g/mol. The molecular formula is C11H22O3. The van der Waals surface area contributed by atoms with Gasteiger partial charge in [-0.05, 0) is 33.1 Å². The molecule has 0 aliphatic rings. The third-order valence-corrected chi connectivity index (χ3v) is 1.72. The van der Waals surface area contributed by atoms with E-state index in [1.54, 1.807) is 0 Å². The number of hydrogen-bond donors (Lipinski definition) is 1. The third kappa shape index (κ3) is 5.97. The van der Waals surface area contributed by atoms with Crippen molar-refractivity contribution in [3.05, 3.63) is 0 Å². The molecule has 1 atom stereocenters. The molecule has 0 aromatic rings. The van der Waals surface area contributed by atoms with Gasteiger partial charge in [0.1, 0.15) is 5.60 Å². The minimum Gasteiger partial charge on any atom is -0.460 e. The summed E-state index contributed by atoms with van der Waals surface area (Å²) in [7, 11) is 0. The molecule has 84 valence electrons. The Balaban J connectivity index is 4.18. The highest BCUT2D eigenvalue weighted by molar-refractivity contribution is 5.73. The summed E-state index contributed by atoms with van der Waals surface area (Å²) in [6, 6.07) is 0. The Morgan fingerprint density at radius 2 is 1.86 bits per heavy atom. The summed E-state index contributed by atoms with van der Waals surface area (Å²) in [6.45, 7) is 9.39. The quantitative estimate of drug-likeness (QED) is 0.709. The molecule has 3 nitrogen and oxygen atoms in total. The molecule has 0 aromatic carbocycles. The second-order valence-corrected chi connectivity index (χ2v) is 5.04. The first-order chi connectivity index (χ1) is 6.26. The molecular weight excluding hydrogens is 180 g/mol. The Morgan fingerprint density at radius 3 is 2.14 bits per heavy atom. The van der Waals surface area contributed by atoms with Crippen LogP contribution in [0.5, 0.6) is 0 Å². The molecule has 0 bridgehead atoms. The van der Waals surface area contributed by atoms with Gasteiger partial charge in [-0.1, -0.05) is 13.8 Å². The van der Waals surface area contributed by atoms with E-state index >= 15 is 0 Å². The van der Waals surface area contributed by atoms with Gasteiger partial charge in [0, 0.05) is 0 Å². The second-order valence-electron chi connectivity index (χ2n) is 5.04. The van der Waals surface area contributed by atoms with E-state index in [1.807, 2.05) is 34.6 Å². The van der Waals surface area contributed by atoms with Crippen molar-refractivity contribution in [2.24, 2.45) is 11.8 Å². The number of carbonyl (C=O) groups is 1. The maximum absolute atomic E-state index is 11.5. The zero-order chi connectivity index (χ0) is 11.4. The fraction of sp³-hybridized carbons (Fsp3) is 0.909. The van der Waals surface area contributed by atoms with Crippen LogP contribution in [0.15, 0.2) is 0 Å². The summed E-state index contributed by atoms with van der Waals surface area (Å²) in [5.41, 5.74) is -0.471. The van der Waals surface area contributed by atoms with E-state index in [0.29, 0.717) is 12.3 Å². The summed E-state index contributed by atoms with van der Waals surface area (Å²) in [5, 5.41) is 9.04. The number of aliphatic hydroxyl groups is 1. The molecule has 0 radical (unpaired) electrons. The third-order valence-electron chi connectivity index (χ3n) is 1.72. The summed E-state index contributed by atoms with van der Waals surface area (Å²) >= 11 is 0. The zero-order valence-corrected chi connectivity index (χ0v) is 9.83. The van der Waals surface area contributed by atoms with Crippen LogP contribution < -0.4 is 0 Å². The lowest BCUT2D eigenvalue weighted by atomic mass is 9.98. The van der Waals surface area contributed by atoms with Crippen LogP contribution in [0.2, 0.25) is 0 Å². The Labute approximate surface area is 86.5 Å². The summed E-state index contributed by atoms with van der Waals surface area (Å²) in [5.74, 6) is -0.289. The average Bonchev–Trinajstić information content (AvgIpc) is 1.96. The lowest BCUT2D eigenvalue weighted by molar-refractivity contribution is -0.162. The van der Waals surface area contributed by atoms with Crippen LogP contribution in [-0.2, 0) is 9.53 Å². The Kier molecular flexibility index (Phi) is 5.13. The van der Waals surface area contributed by atoms with Crippen molar-refractivity contribution in [1.29, 1.82) is 0 Å². The first-order valence-corrected chi connectivity index (χ1v) is 5.10. The van der Waals surface area contributed by atoms with Gasteiger partial charge in [0.15, 0.2) is 0 Å². The Hall–Kier alpha value is -0.570. The van der Waals surface area contributed by atoms with Crippen LogP contribution in [0.1, 0.15) is 41.0 Å². The van der Waals surface area contributed by atoms with Gasteiger partial charge in [0.2, 0.25) is 0 Å². The Bertz CT molecular complexity index is 179. The normalized spacial score (nSPS) is 14.2. The Morgan fingerprint density at radius 1 is 1.36 bits per heavy atom. The first kappa shape index (κ1) is 13.4. The van der Waals surface area contributed by atoms with Crippen LogP contribution in [0.4, 0.5) is 0 Å². The van der Waals surface area contributed by atoms with Gasteiger partial charge in [0.05, 0.1) is 12.5 Å². The van der Waals surface area contributed by atoms with Crippen LogP contribution in [0.3, 0.4) is 0 Å². The van der Waals surface area contributed by atoms with Gasteiger partial charge in [-0.15, -0.1) is 0 Å². The van der Waals surface area contributed by atoms with E-state index in [9.17, 15) is 4.79 Å². The molecule has 0 amide bonds. The van der Waals surface area contributed by atoms with Crippen molar-refractivity contribution in [3.63, 3.8) is 0 Å². The fourth-order valence-electron chi connectivity index (χ4n) is 1.20. The zero-order valence-electron chi connectivity index (χ0n) is 9.83. The maximum Gasteiger partial charge on any atom is 0.311 e. The highest BCUT2D eigenvalue weighted by atomic mass is 16.6.